The summed E-state index contributed by atoms with van der Waals surface area (Å²) in [6, 6.07) is 1.81. The highest BCUT2D eigenvalue weighted by atomic mass is 16.5. The third kappa shape index (κ3) is 1.46. The molecule has 0 saturated carbocycles. The van der Waals surface area contributed by atoms with Crippen LogP contribution in [0.15, 0.2) is 29.1 Å². The molecule has 0 aromatic carbocycles. The highest BCUT2D eigenvalue weighted by Crippen LogP contribution is 2.27. The highest BCUT2D eigenvalue weighted by molar-refractivity contribution is 5.61. The average molecular weight is 190 g/mol. The first-order valence-electron chi connectivity index (χ1n) is 4.22. The third-order valence-electron chi connectivity index (χ3n) is 1.86. The Labute approximate surface area is 81.6 Å². The van der Waals surface area contributed by atoms with Gasteiger partial charge in [0.05, 0.1) is 25.1 Å². The SMILES string of the molecule is COc1cnccc1-c1ncc(C)o1. The molecule has 0 aliphatic rings. The van der Waals surface area contributed by atoms with Crippen molar-refractivity contribution >= 4 is 0 Å². The first-order chi connectivity index (χ1) is 6.81. The molecule has 2 aromatic heterocycles. The molecule has 4 nitrogen and oxygen atoms in total. The fraction of sp³-hybridized carbons (Fsp3) is 0.200. The van der Waals surface area contributed by atoms with Gasteiger partial charge in [-0.15, -0.1) is 0 Å². The quantitative estimate of drug-likeness (QED) is 0.727. The first kappa shape index (κ1) is 8.74. The number of pyridine rings is 1. The fourth-order valence-corrected chi connectivity index (χ4v) is 1.20. The maximum atomic E-state index is 5.39. The molecule has 4 heteroatoms. The summed E-state index contributed by atoms with van der Waals surface area (Å²) >= 11 is 0. The van der Waals surface area contributed by atoms with E-state index >= 15 is 0 Å². The minimum Gasteiger partial charge on any atom is -0.494 e. The van der Waals surface area contributed by atoms with Gasteiger partial charge in [0.25, 0.3) is 0 Å². The smallest absolute Gasteiger partial charge is 0.230 e. The Kier molecular flexibility index (Phi) is 2.18. The van der Waals surface area contributed by atoms with Gasteiger partial charge in [0.1, 0.15) is 11.5 Å². The summed E-state index contributed by atoms with van der Waals surface area (Å²) in [5.41, 5.74) is 0.815. The molecule has 0 unspecified atom stereocenters. The molecule has 0 atom stereocenters. The van der Waals surface area contributed by atoms with Gasteiger partial charge in [-0.25, -0.2) is 4.98 Å². The van der Waals surface area contributed by atoms with Crippen molar-refractivity contribution in [1.29, 1.82) is 0 Å². The Morgan fingerprint density at radius 2 is 2.21 bits per heavy atom. The fourth-order valence-electron chi connectivity index (χ4n) is 1.20. The Morgan fingerprint density at radius 1 is 1.36 bits per heavy atom. The molecular weight excluding hydrogens is 180 g/mol. The van der Waals surface area contributed by atoms with E-state index in [9.17, 15) is 0 Å². The number of methoxy groups -OCH3 is 1. The zero-order valence-corrected chi connectivity index (χ0v) is 8.02. The lowest BCUT2D eigenvalue weighted by molar-refractivity contribution is 0.412. The van der Waals surface area contributed by atoms with E-state index in [1.54, 1.807) is 25.7 Å². The normalized spacial score (nSPS) is 10.1. The van der Waals surface area contributed by atoms with Gasteiger partial charge >= 0.3 is 0 Å². The zero-order valence-electron chi connectivity index (χ0n) is 8.02. The van der Waals surface area contributed by atoms with E-state index in [1.165, 1.54) is 0 Å². The summed E-state index contributed by atoms with van der Waals surface area (Å²) in [4.78, 5) is 8.07. The molecule has 0 radical (unpaired) electrons. The lowest BCUT2D eigenvalue weighted by Gasteiger charge is -2.02. The van der Waals surface area contributed by atoms with Crippen LogP contribution in [0.5, 0.6) is 5.75 Å². The number of nitrogens with zero attached hydrogens (tertiary/aromatic N) is 2. The van der Waals surface area contributed by atoms with Crippen LogP contribution in [0.1, 0.15) is 5.76 Å². The molecule has 2 rings (SSSR count). The van der Waals surface area contributed by atoms with Crippen LogP contribution in [0.25, 0.3) is 11.5 Å². The molecule has 0 aliphatic heterocycles. The van der Waals surface area contributed by atoms with Crippen LogP contribution in [0, 0.1) is 6.92 Å². The molecule has 0 N–H and O–H groups in total. The maximum absolute atomic E-state index is 5.39. The number of ether oxygens (including phenoxy) is 1. The predicted molar refractivity (Wildman–Crippen MR) is 51.0 cm³/mol. The summed E-state index contributed by atoms with van der Waals surface area (Å²) in [6.45, 7) is 1.85. The van der Waals surface area contributed by atoms with Crippen LogP contribution in [0.3, 0.4) is 0 Å². The Morgan fingerprint density at radius 3 is 2.86 bits per heavy atom. The second kappa shape index (κ2) is 3.49. The molecule has 2 heterocycles. The number of rotatable bonds is 2. The zero-order chi connectivity index (χ0) is 9.97. The van der Waals surface area contributed by atoms with Gasteiger partial charge < -0.3 is 9.15 Å². The van der Waals surface area contributed by atoms with Crippen LogP contribution in [-0.4, -0.2) is 17.1 Å². The van der Waals surface area contributed by atoms with Crippen molar-refractivity contribution in [1.82, 2.24) is 9.97 Å². The van der Waals surface area contributed by atoms with E-state index in [-0.39, 0.29) is 0 Å². The van der Waals surface area contributed by atoms with E-state index in [4.69, 9.17) is 9.15 Å². The predicted octanol–water partition coefficient (Wildman–Crippen LogP) is 2.05. The topological polar surface area (TPSA) is 48.2 Å². The summed E-state index contributed by atoms with van der Waals surface area (Å²) in [7, 11) is 1.59. The molecule has 72 valence electrons. The monoisotopic (exact) mass is 190 g/mol. The number of oxazole rings is 1. The molecule has 0 amide bonds. The molecule has 14 heavy (non-hydrogen) atoms. The lowest BCUT2D eigenvalue weighted by atomic mass is 10.2. The second-order valence-corrected chi connectivity index (χ2v) is 2.85. The van der Waals surface area contributed by atoms with Crippen molar-refractivity contribution < 1.29 is 9.15 Å². The lowest BCUT2D eigenvalue weighted by Crippen LogP contribution is -1.88. The largest absolute Gasteiger partial charge is 0.494 e. The molecule has 0 saturated heterocycles. The molecule has 2 aromatic rings. The molecular formula is C10H10N2O2. The standard InChI is InChI=1S/C10H10N2O2/c1-7-5-12-10(14-7)8-3-4-11-6-9(8)13-2/h3-6H,1-2H3. The van der Waals surface area contributed by atoms with Gasteiger partial charge in [0, 0.05) is 6.20 Å². The third-order valence-corrected chi connectivity index (χ3v) is 1.86. The molecule has 0 fully saturated rings. The van der Waals surface area contributed by atoms with Gasteiger partial charge in [-0.05, 0) is 13.0 Å². The summed E-state index contributed by atoms with van der Waals surface area (Å²) in [6.07, 6.45) is 4.99. The number of hydrogen-bond acceptors (Lipinski definition) is 4. The number of aryl methyl sites for hydroxylation is 1. The maximum Gasteiger partial charge on any atom is 0.230 e. The van der Waals surface area contributed by atoms with Crippen LogP contribution in [-0.2, 0) is 0 Å². The summed E-state index contributed by atoms with van der Waals surface area (Å²) in [5, 5.41) is 0. The van der Waals surface area contributed by atoms with E-state index in [0.29, 0.717) is 11.6 Å². The highest BCUT2D eigenvalue weighted by Gasteiger charge is 2.09. The summed E-state index contributed by atoms with van der Waals surface area (Å²) < 4.78 is 10.5. The van der Waals surface area contributed by atoms with Crippen molar-refractivity contribution in [2.45, 2.75) is 6.92 Å². The second-order valence-electron chi connectivity index (χ2n) is 2.85. The number of aromatic nitrogens is 2. The van der Waals surface area contributed by atoms with E-state index in [0.717, 1.165) is 11.3 Å². The summed E-state index contributed by atoms with van der Waals surface area (Å²) in [5.74, 6) is 2.00. The Balaban J connectivity index is 2.50. The average Bonchev–Trinajstić information content (AvgIpc) is 2.65. The van der Waals surface area contributed by atoms with E-state index in [1.807, 2.05) is 13.0 Å². The van der Waals surface area contributed by atoms with Crippen molar-refractivity contribution in [3.63, 3.8) is 0 Å². The van der Waals surface area contributed by atoms with Crippen LogP contribution < -0.4 is 4.74 Å². The number of hydrogen-bond donors (Lipinski definition) is 0. The first-order valence-corrected chi connectivity index (χ1v) is 4.22. The Bertz CT molecular complexity index is 437. The van der Waals surface area contributed by atoms with Gasteiger partial charge in [-0.1, -0.05) is 0 Å². The minimum absolute atomic E-state index is 0.557. The van der Waals surface area contributed by atoms with Crippen LogP contribution in [0.4, 0.5) is 0 Å². The van der Waals surface area contributed by atoms with Crippen molar-refractivity contribution in [3.8, 4) is 17.2 Å². The van der Waals surface area contributed by atoms with Crippen LogP contribution in [0.2, 0.25) is 0 Å². The molecule has 0 aliphatic carbocycles. The van der Waals surface area contributed by atoms with Gasteiger partial charge in [0.2, 0.25) is 5.89 Å². The van der Waals surface area contributed by atoms with Gasteiger partial charge in [0.15, 0.2) is 0 Å². The van der Waals surface area contributed by atoms with E-state index in [2.05, 4.69) is 9.97 Å². The van der Waals surface area contributed by atoms with Gasteiger partial charge in [-0.2, -0.15) is 0 Å². The van der Waals surface area contributed by atoms with Crippen LogP contribution >= 0.6 is 0 Å². The van der Waals surface area contributed by atoms with Gasteiger partial charge in [-0.3, -0.25) is 4.98 Å². The molecule has 0 bridgehead atoms. The Hall–Kier alpha value is -1.84. The van der Waals surface area contributed by atoms with E-state index < -0.39 is 0 Å². The van der Waals surface area contributed by atoms with Crippen molar-refractivity contribution in [2.75, 3.05) is 7.11 Å². The van der Waals surface area contributed by atoms with Crippen molar-refractivity contribution in [2.24, 2.45) is 0 Å². The van der Waals surface area contributed by atoms with Crippen molar-refractivity contribution in [3.05, 3.63) is 30.4 Å². The molecule has 0 spiro atoms. The minimum atomic E-state index is 0.557.